The van der Waals surface area contributed by atoms with Gasteiger partial charge in [0.05, 0.1) is 30.5 Å². The average molecular weight is 412 g/mol. The summed E-state index contributed by atoms with van der Waals surface area (Å²) in [6, 6.07) is 14.1. The van der Waals surface area contributed by atoms with Crippen molar-refractivity contribution in [2.75, 3.05) is 19.5 Å². The fraction of sp³-hybridized carbons (Fsp3) is 0.364. The zero-order valence-electron chi connectivity index (χ0n) is 16.7. The van der Waals surface area contributed by atoms with Crippen molar-refractivity contribution in [3.05, 3.63) is 48.0 Å². The second-order valence-electron chi connectivity index (χ2n) is 7.04. The van der Waals surface area contributed by atoms with Gasteiger partial charge < -0.3 is 19.4 Å². The van der Waals surface area contributed by atoms with Crippen molar-refractivity contribution in [2.24, 2.45) is 0 Å². The number of benzene rings is 2. The Balaban J connectivity index is 1.39. The third-order valence-corrected chi connectivity index (χ3v) is 5.75. The first-order valence-corrected chi connectivity index (χ1v) is 10.8. The van der Waals surface area contributed by atoms with Crippen LogP contribution in [-0.2, 0) is 11.3 Å². The number of thioether (sulfide) groups is 1. The lowest BCUT2D eigenvalue weighted by molar-refractivity contribution is -0.129. The molecule has 6 nitrogen and oxygen atoms in total. The number of imidazole rings is 1. The second-order valence-corrected chi connectivity index (χ2v) is 8.01. The van der Waals surface area contributed by atoms with Gasteiger partial charge in [0.2, 0.25) is 5.91 Å². The topological polar surface area (TPSA) is 67.4 Å². The number of nitrogens with one attached hydrogen (secondary N) is 1. The minimum absolute atomic E-state index is 0.142. The number of rotatable bonds is 9. The molecule has 1 heterocycles. The van der Waals surface area contributed by atoms with Gasteiger partial charge in [-0.15, -0.1) is 0 Å². The Labute approximate surface area is 174 Å². The Morgan fingerprint density at radius 2 is 1.97 bits per heavy atom. The largest absolute Gasteiger partial charge is 0.497 e. The van der Waals surface area contributed by atoms with Crippen molar-refractivity contribution in [3.63, 3.8) is 0 Å². The third kappa shape index (κ3) is 4.85. The Morgan fingerprint density at radius 1 is 1.21 bits per heavy atom. The lowest BCUT2D eigenvalue weighted by Gasteiger charge is -2.22. The van der Waals surface area contributed by atoms with Gasteiger partial charge in [-0.2, -0.15) is 0 Å². The minimum Gasteiger partial charge on any atom is -0.497 e. The standard InChI is InChI=1S/C22H25N3O3S/c1-3-28-18-10-11-19-20(12-18)24-22(23-19)29-14-21(26)25(16-6-7-16)13-15-4-8-17(27-2)9-5-15/h4-5,8-12,16H,3,6-7,13-14H2,1-2H3,(H,23,24). The van der Waals surface area contributed by atoms with Gasteiger partial charge in [-0.25, -0.2) is 4.98 Å². The number of carbonyl (C=O) groups excluding carboxylic acids is 1. The van der Waals surface area contributed by atoms with Crippen molar-refractivity contribution in [3.8, 4) is 11.5 Å². The Hall–Kier alpha value is -2.67. The number of fused-ring (bicyclic) bond motifs is 1. The Kier molecular flexibility index (Phi) is 5.94. The van der Waals surface area contributed by atoms with Crippen LogP contribution in [0.5, 0.6) is 11.5 Å². The highest BCUT2D eigenvalue weighted by Crippen LogP contribution is 2.30. The van der Waals surface area contributed by atoms with E-state index in [-0.39, 0.29) is 5.91 Å². The van der Waals surface area contributed by atoms with E-state index in [1.54, 1.807) is 7.11 Å². The molecule has 2 aromatic carbocycles. The summed E-state index contributed by atoms with van der Waals surface area (Å²) in [5.41, 5.74) is 2.91. The maximum Gasteiger partial charge on any atom is 0.233 e. The quantitative estimate of drug-likeness (QED) is 0.533. The van der Waals surface area contributed by atoms with Crippen molar-refractivity contribution in [1.29, 1.82) is 0 Å². The molecule has 1 aliphatic rings. The van der Waals surface area contributed by atoms with Gasteiger partial charge in [0, 0.05) is 18.7 Å². The summed E-state index contributed by atoms with van der Waals surface area (Å²) in [5, 5.41) is 0.752. The predicted molar refractivity (Wildman–Crippen MR) is 115 cm³/mol. The highest BCUT2D eigenvalue weighted by Gasteiger charge is 2.32. The Bertz CT molecular complexity index is 983. The molecular weight excluding hydrogens is 386 g/mol. The maximum absolute atomic E-state index is 12.9. The Morgan fingerprint density at radius 3 is 2.66 bits per heavy atom. The lowest BCUT2D eigenvalue weighted by Crippen LogP contribution is -2.34. The van der Waals surface area contributed by atoms with E-state index in [1.807, 2.05) is 54.3 Å². The molecule has 1 aliphatic carbocycles. The summed E-state index contributed by atoms with van der Waals surface area (Å²) in [5.74, 6) is 2.15. The zero-order valence-corrected chi connectivity index (χ0v) is 17.5. The van der Waals surface area contributed by atoms with Gasteiger partial charge in [0.15, 0.2) is 5.16 Å². The van der Waals surface area contributed by atoms with Crippen LogP contribution in [0.25, 0.3) is 11.0 Å². The molecule has 1 N–H and O–H groups in total. The van der Waals surface area contributed by atoms with Gasteiger partial charge in [-0.05, 0) is 49.6 Å². The van der Waals surface area contributed by atoms with Crippen LogP contribution in [0.15, 0.2) is 47.6 Å². The third-order valence-electron chi connectivity index (χ3n) is 4.89. The number of aromatic amines is 1. The van der Waals surface area contributed by atoms with E-state index in [0.717, 1.165) is 46.1 Å². The van der Waals surface area contributed by atoms with E-state index in [4.69, 9.17) is 9.47 Å². The van der Waals surface area contributed by atoms with Crippen LogP contribution in [0.1, 0.15) is 25.3 Å². The monoisotopic (exact) mass is 411 g/mol. The number of carbonyl (C=O) groups is 1. The van der Waals surface area contributed by atoms with Crippen LogP contribution in [0.2, 0.25) is 0 Å². The van der Waals surface area contributed by atoms with Crippen LogP contribution >= 0.6 is 11.8 Å². The van der Waals surface area contributed by atoms with E-state index in [0.29, 0.717) is 24.9 Å². The van der Waals surface area contributed by atoms with E-state index >= 15 is 0 Å². The summed E-state index contributed by atoms with van der Waals surface area (Å²) < 4.78 is 10.7. The molecule has 29 heavy (non-hydrogen) atoms. The normalized spacial score (nSPS) is 13.4. The summed E-state index contributed by atoms with van der Waals surface area (Å²) in [4.78, 5) is 22.7. The first-order chi connectivity index (χ1) is 14.2. The number of aromatic nitrogens is 2. The fourth-order valence-electron chi connectivity index (χ4n) is 3.24. The van der Waals surface area contributed by atoms with Crippen LogP contribution in [0.4, 0.5) is 0 Å². The molecule has 0 unspecified atom stereocenters. The lowest BCUT2D eigenvalue weighted by atomic mass is 10.2. The number of hydrogen-bond acceptors (Lipinski definition) is 5. The zero-order chi connectivity index (χ0) is 20.2. The van der Waals surface area contributed by atoms with E-state index in [9.17, 15) is 4.79 Å². The number of nitrogens with zero attached hydrogens (tertiary/aromatic N) is 2. The van der Waals surface area contributed by atoms with Crippen molar-refractivity contribution >= 4 is 28.7 Å². The molecule has 0 atom stereocenters. The molecule has 4 rings (SSSR count). The molecule has 3 aromatic rings. The van der Waals surface area contributed by atoms with Crippen LogP contribution in [0.3, 0.4) is 0 Å². The summed E-state index contributed by atoms with van der Waals surface area (Å²) >= 11 is 1.44. The van der Waals surface area contributed by atoms with E-state index < -0.39 is 0 Å². The highest BCUT2D eigenvalue weighted by atomic mass is 32.2. The number of H-pyrrole nitrogens is 1. The van der Waals surface area contributed by atoms with Gasteiger partial charge >= 0.3 is 0 Å². The highest BCUT2D eigenvalue weighted by molar-refractivity contribution is 7.99. The van der Waals surface area contributed by atoms with Crippen molar-refractivity contribution < 1.29 is 14.3 Å². The molecule has 0 spiro atoms. The van der Waals surface area contributed by atoms with Gasteiger partial charge in [-0.1, -0.05) is 23.9 Å². The summed E-state index contributed by atoms with van der Waals surface area (Å²) in [7, 11) is 1.65. The molecule has 0 bridgehead atoms. The maximum atomic E-state index is 12.9. The first kappa shape index (κ1) is 19.6. The second kappa shape index (κ2) is 8.78. The minimum atomic E-state index is 0.142. The van der Waals surface area contributed by atoms with Crippen molar-refractivity contribution in [1.82, 2.24) is 14.9 Å². The molecule has 1 saturated carbocycles. The van der Waals surface area contributed by atoms with Gasteiger partial charge in [0.25, 0.3) is 0 Å². The van der Waals surface area contributed by atoms with E-state index in [2.05, 4.69) is 9.97 Å². The van der Waals surface area contributed by atoms with Gasteiger partial charge in [-0.3, -0.25) is 4.79 Å². The summed E-state index contributed by atoms with van der Waals surface area (Å²) in [6.07, 6.45) is 2.16. The number of amides is 1. The van der Waals surface area contributed by atoms with Crippen molar-refractivity contribution in [2.45, 2.75) is 37.5 Å². The van der Waals surface area contributed by atoms with E-state index in [1.165, 1.54) is 11.8 Å². The summed E-state index contributed by atoms with van der Waals surface area (Å²) in [6.45, 7) is 3.22. The van der Waals surface area contributed by atoms with Crippen LogP contribution < -0.4 is 9.47 Å². The average Bonchev–Trinajstić information content (AvgIpc) is 3.50. The predicted octanol–water partition coefficient (Wildman–Crippen LogP) is 4.25. The van der Waals surface area contributed by atoms with Gasteiger partial charge in [0.1, 0.15) is 11.5 Å². The smallest absolute Gasteiger partial charge is 0.233 e. The molecule has 0 aliphatic heterocycles. The molecule has 1 aromatic heterocycles. The number of methoxy groups -OCH3 is 1. The number of hydrogen-bond donors (Lipinski definition) is 1. The first-order valence-electron chi connectivity index (χ1n) is 9.84. The molecular formula is C22H25N3O3S. The molecule has 0 radical (unpaired) electrons. The van der Waals surface area contributed by atoms with Crippen LogP contribution in [0, 0.1) is 0 Å². The molecule has 7 heteroatoms. The van der Waals surface area contributed by atoms with Crippen LogP contribution in [-0.4, -0.2) is 46.3 Å². The SMILES string of the molecule is CCOc1ccc2nc(SCC(=O)N(Cc3ccc(OC)cc3)C3CC3)[nH]c2c1. The number of ether oxygens (including phenoxy) is 2. The molecule has 1 amide bonds. The molecule has 1 fully saturated rings. The molecule has 0 saturated heterocycles. The fourth-order valence-corrected chi connectivity index (χ4v) is 4.01. The molecule has 152 valence electrons.